The van der Waals surface area contributed by atoms with Gasteiger partial charge in [-0.3, -0.25) is 9.59 Å². The van der Waals surface area contributed by atoms with E-state index in [0.29, 0.717) is 35.0 Å². The van der Waals surface area contributed by atoms with E-state index in [-0.39, 0.29) is 16.8 Å². The van der Waals surface area contributed by atoms with Crippen molar-refractivity contribution in [2.24, 2.45) is 5.92 Å². The summed E-state index contributed by atoms with van der Waals surface area (Å²) < 4.78 is 5.58. The molecule has 6 nitrogen and oxygen atoms in total. The number of amides is 2. The van der Waals surface area contributed by atoms with E-state index >= 15 is 0 Å². The van der Waals surface area contributed by atoms with Crippen molar-refractivity contribution in [1.29, 1.82) is 5.26 Å². The molecule has 2 rings (SSSR count). The summed E-state index contributed by atoms with van der Waals surface area (Å²) in [6.45, 7) is 6.17. The fourth-order valence-corrected chi connectivity index (χ4v) is 2.54. The predicted octanol–water partition coefficient (Wildman–Crippen LogP) is 4.00. The average Bonchev–Trinajstić information content (AvgIpc) is 2.66. The third-order valence-corrected chi connectivity index (χ3v) is 4.13. The van der Waals surface area contributed by atoms with Gasteiger partial charge in [-0.15, -0.1) is 0 Å². The van der Waals surface area contributed by atoms with Crippen molar-refractivity contribution in [3.63, 3.8) is 0 Å². The normalized spacial score (nSPS) is 11.4. The molecule has 7 heteroatoms. The van der Waals surface area contributed by atoms with Crippen LogP contribution in [0.25, 0.3) is 0 Å². The summed E-state index contributed by atoms with van der Waals surface area (Å²) in [5, 5.41) is 14.6. The second-order valence-electron chi connectivity index (χ2n) is 6.68. The number of ether oxygens (including phenoxy) is 1. The standard InChI is InChI=1S/C21H22ClN3O3/c1-13(2)12-24-21(27)18-9-6-16(10-19(18)22)25-20(26)14(3)28-17-7-4-15(11-23)5-8-17/h4-10,13-14H,12H2,1-3H3,(H,24,27)(H,25,26). The largest absolute Gasteiger partial charge is 0.481 e. The number of hydrogen-bond donors (Lipinski definition) is 2. The van der Waals surface area contributed by atoms with Crippen LogP contribution < -0.4 is 15.4 Å². The van der Waals surface area contributed by atoms with Crippen molar-refractivity contribution in [2.75, 3.05) is 11.9 Å². The first-order valence-corrected chi connectivity index (χ1v) is 9.23. The number of rotatable bonds is 7. The second-order valence-corrected chi connectivity index (χ2v) is 7.09. The number of nitrogens with one attached hydrogen (secondary N) is 2. The summed E-state index contributed by atoms with van der Waals surface area (Å²) in [6, 6.07) is 13.2. The lowest BCUT2D eigenvalue weighted by molar-refractivity contribution is -0.122. The van der Waals surface area contributed by atoms with Crippen LogP contribution >= 0.6 is 11.6 Å². The molecular weight excluding hydrogens is 378 g/mol. The zero-order valence-corrected chi connectivity index (χ0v) is 16.7. The van der Waals surface area contributed by atoms with Gasteiger partial charge in [-0.2, -0.15) is 5.26 Å². The number of anilines is 1. The predicted molar refractivity (Wildman–Crippen MR) is 108 cm³/mol. The Balaban J connectivity index is 1.98. The van der Waals surface area contributed by atoms with Crippen LogP contribution in [-0.4, -0.2) is 24.5 Å². The fourth-order valence-electron chi connectivity index (χ4n) is 2.28. The van der Waals surface area contributed by atoms with E-state index in [4.69, 9.17) is 21.6 Å². The smallest absolute Gasteiger partial charge is 0.265 e. The van der Waals surface area contributed by atoms with Crippen LogP contribution in [0.5, 0.6) is 5.75 Å². The third kappa shape index (κ3) is 6.00. The molecule has 0 aliphatic rings. The minimum atomic E-state index is -0.763. The highest BCUT2D eigenvalue weighted by molar-refractivity contribution is 6.34. The summed E-state index contributed by atoms with van der Waals surface area (Å²) >= 11 is 6.19. The Morgan fingerprint density at radius 2 is 1.82 bits per heavy atom. The van der Waals surface area contributed by atoms with Gasteiger partial charge in [0.25, 0.3) is 11.8 Å². The van der Waals surface area contributed by atoms with Crippen molar-refractivity contribution in [1.82, 2.24) is 5.32 Å². The zero-order chi connectivity index (χ0) is 20.7. The molecule has 0 spiro atoms. The Kier molecular flexibility index (Phi) is 7.42. The highest BCUT2D eigenvalue weighted by Crippen LogP contribution is 2.22. The minimum absolute atomic E-state index is 0.250. The van der Waals surface area contributed by atoms with Crippen LogP contribution in [-0.2, 0) is 4.79 Å². The second kappa shape index (κ2) is 9.77. The highest BCUT2D eigenvalue weighted by atomic mass is 35.5. The van der Waals surface area contributed by atoms with Gasteiger partial charge in [0, 0.05) is 12.2 Å². The average molecular weight is 400 g/mol. The van der Waals surface area contributed by atoms with Crippen LogP contribution in [0.1, 0.15) is 36.7 Å². The third-order valence-electron chi connectivity index (χ3n) is 3.82. The molecule has 146 valence electrons. The molecular formula is C21H22ClN3O3. The van der Waals surface area contributed by atoms with Gasteiger partial charge in [-0.05, 0) is 55.3 Å². The molecule has 0 fully saturated rings. The maximum Gasteiger partial charge on any atom is 0.265 e. The molecule has 2 aromatic rings. The van der Waals surface area contributed by atoms with E-state index in [1.807, 2.05) is 19.9 Å². The lowest BCUT2D eigenvalue weighted by atomic mass is 10.1. The van der Waals surface area contributed by atoms with Gasteiger partial charge < -0.3 is 15.4 Å². The molecule has 0 heterocycles. The number of carbonyl (C=O) groups is 2. The summed E-state index contributed by atoms with van der Waals surface area (Å²) in [5.41, 5.74) is 1.32. The van der Waals surface area contributed by atoms with Crippen LogP contribution in [0.3, 0.4) is 0 Å². The van der Waals surface area contributed by atoms with Gasteiger partial charge in [0.2, 0.25) is 0 Å². The molecule has 0 aliphatic heterocycles. The van der Waals surface area contributed by atoms with Crippen LogP contribution in [0.2, 0.25) is 5.02 Å². The highest BCUT2D eigenvalue weighted by Gasteiger charge is 2.17. The summed E-state index contributed by atoms with van der Waals surface area (Å²) in [7, 11) is 0. The molecule has 1 unspecified atom stereocenters. The number of hydrogen-bond acceptors (Lipinski definition) is 4. The molecule has 28 heavy (non-hydrogen) atoms. The summed E-state index contributed by atoms with van der Waals surface area (Å²) in [5.74, 6) is 0.197. The van der Waals surface area contributed by atoms with Gasteiger partial charge in [-0.25, -0.2) is 0 Å². The van der Waals surface area contributed by atoms with Crippen LogP contribution in [0, 0.1) is 17.2 Å². The molecule has 0 aliphatic carbocycles. The molecule has 2 N–H and O–H groups in total. The van der Waals surface area contributed by atoms with Crippen molar-refractivity contribution >= 4 is 29.1 Å². The van der Waals surface area contributed by atoms with E-state index in [0.717, 1.165) is 0 Å². The van der Waals surface area contributed by atoms with Gasteiger partial charge in [0.05, 0.1) is 22.2 Å². The van der Waals surface area contributed by atoms with Crippen molar-refractivity contribution in [3.8, 4) is 11.8 Å². The molecule has 2 aromatic carbocycles. The Morgan fingerprint density at radius 3 is 2.39 bits per heavy atom. The Bertz CT molecular complexity index is 889. The van der Waals surface area contributed by atoms with Gasteiger partial charge in [0.1, 0.15) is 5.75 Å². The lowest BCUT2D eigenvalue weighted by Crippen LogP contribution is -2.30. The Hall–Kier alpha value is -3.04. The van der Waals surface area contributed by atoms with E-state index < -0.39 is 6.10 Å². The molecule has 0 radical (unpaired) electrons. The first kappa shape index (κ1) is 21.3. The Labute approximate surface area is 169 Å². The van der Waals surface area contributed by atoms with Gasteiger partial charge in [-0.1, -0.05) is 25.4 Å². The van der Waals surface area contributed by atoms with Crippen molar-refractivity contribution in [3.05, 3.63) is 58.6 Å². The number of nitriles is 1. The number of nitrogens with zero attached hydrogens (tertiary/aromatic N) is 1. The van der Waals surface area contributed by atoms with Crippen LogP contribution in [0.15, 0.2) is 42.5 Å². The molecule has 2 amide bonds. The summed E-state index contributed by atoms with van der Waals surface area (Å²) in [4.78, 5) is 24.5. The lowest BCUT2D eigenvalue weighted by Gasteiger charge is -2.15. The molecule has 0 saturated heterocycles. The van der Waals surface area contributed by atoms with E-state index in [9.17, 15) is 9.59 Å². The topological polar surface area (TPSA) is 91.2 Å². The van der Waals surface area contributed by atoms with Crippen molar-refractivity contribution < 1.29 is 14.3 Å². The molecule has 1 atom stereocenters. The SMILES string of the molecule is CC(C)CNC(=O)c1ccc(NC(=O)C(C)Oc2ccc(C#N)cc2)cc1Cl. The Morgan fingerprint density at radius 1 is 1.14 bits per heavy atom. The molecule has 0 saturated carbocycles. The zero-order valence-electron chi connectivity index (χ0n) is 16.0. The van der Waals surface area contributed by atoms with Crippen LogP contribution in [0.4, 0.5) is 5.69 Å². The minimum Gasteiger partial charge on any atom is -0.481 e. The maximum absolute atomic E-state index is 12.3. The molecule has 0 bridgehead atoms. The first-order chi connectivity index (χ1) is 13.3. The molecule has 0 aromatic heterocycles. The monoisotopic (exact) mass is 399 g/mol. The van der Waals surface area contributed by atoms with Crippen molar-refractivity contribution in [2.45, 2.75) is 26.9 Å². The number of carbonyl (C=O) groups excluding carboxylic acids is 2. The number of halogens is 1. The number of benzene rings is 2. The fraction of sp³-hybridized carbons (Fsp3) is 0.286. The maximum atomic E-state index is 12.3. The quantitative estimate of drug-likeness (QED) is 0.736. The van der Waals surface area contributed by atoms with E-state index in [1.165, 1.54) is 6.07 Å². The first-order valence-electron chi connectivity index (χ1n) is 8.85. The van der Waals surface area contributed by atoms with E-state index in [2.05, 4.69) is 10.6 Å². The van der Waals surface area contributed by atoms with Gasteiger partial charge in [0.15, 0.2) is 6.10 Å². The van der Waals surface area contributed by atoms with E-state index in [1.54, 1.807) is 43.3 Å². The van der Waals surface area contributed by atoms with Gasteiger partial charge >= 0.3 is 0 Å². The summed E-state index contributed by atoms with van der Waals surface area (Å²) in [6.07, 6.45) is -0.763.